The van der Waals surface area contributed by atoms with Crippen LogP contribution in [0.2, 0.25) is 0 Å². The second kappa shape index (κ2) is 9.88. The first-order valence-electron chi connectivity index (χ1n) is 9.21. The number of carbonyl (C=O) groups is 2. The molecule has 0 unspecified atom stereocenters. The van der Waals surface area contributed by atoms with Crippen LogP contribution in [0.3, 0.4) is 0 Å². The zero-order valence-corrected chi connectivity index (χ0v) is 15.7. The molecule has 0 spiro atoms. The zero-order chi connectivity index (χ0) is 17.6. The summed E-state index contributed by atoms with van der Waals surface area (Å²) in [5.41, 5.74) is 1.78. The van der Waals surface area contributed by atoms with E-state index in [1.165, 1.54) is 19.3 Å². The monoisotopic (exact) mass is 383 g/mol. The number of amides is 2. The fourth-order valence-electron chi connectivity index (χ4n) is 3.73. The molecule has 0 aromatic heterocycles. The normalized spacial score (nSPS) is 17.0. The molecule has 26 heavy (non-hydrogen) atoms. The Bertz CT molecular complexity index is 648. The van der Waals surface area contributed by atoms with E-state index < -0.39 is 5.91 Å². The first-order chi connectivity index (χ1) is 12.1. The van der Waals surface area contributed by atoms with E-state index in [9.17, 15) is 14.0 Å². The van der Waals surface area contributed by atoms with Crippen LogP contribution in [0.25, 0.3) is 0 Å². The highest BCUT2D eigenvalue weighted by Crippen LogP contribution is 2.26. The SMILES string of the molecule is Cl.O=C(CC1CCCCC1)NCC(=O)Nc1ccc2c(c1F)CCNC2. The lowest BCUT2D eigenvalue weighted by Crippen LogP contribution is -2.34. The fraction of sp³-hybridized carbons (Fsp3) is 0.579. The summed E-state index contributed by atoms with van der Waals surface area (Å²) in [6.07, 6.45) is 6.90. The van der Waals surface area contributed by atoms with Crippen LogP contribution < -0.4 is 16.0 Å². The van der Waals surface area contributed by atoms with Gasteiger partial charge in [-0.05, 0) is 48.9 Å². The van der Waals surface area contributed by atoms with Crippen molar-refractivity contribution in [3.63, 3.8) is 0 Å². The summed E-state index contributed by atoms with van der Waals surface area (Å²) < 4.78 is 14.5. The smallest absolute Gasteiger partial charge is 0.243 e. The van der Waals surface area contributed by atoms with Gasteiger partial charge in [0.05, 0.1) is 12.2 Å². The molecular formula is C19H27ClFN3O2. The van der Waals surface area contributed by atoms with Gasteiger partial charge in [0.15, 0.2) is 0 Å². The van der Waals surface area contributed by atoms with E-state index in [0.29, 0.717) is 30.9 Å². The lowest BCUT2D eigenvalue weighted by atomic mass is 9.87. The number of rotatable bonds is 5. The Labute approximate surface area is 159 Å². The maximum atomic E-state index is 14.5. The van der Waals surface area contributed by atoms with Crippen molar-refractivity contribution in [2.24, 2.45) is 5.92 Å². The summed E-state index contributed by atoms with van der Waals surface area (Å²) in [5, 5.41) is 8.41. The molecule has 3 rings (SSSR count). The van der Waals surface area contributed by atoms with Crippen molar-refractivity contribution in [1.82, 2.24) is 10.6 Å². The van der Waals surface area contributed by atoms with Crippen LogP contribution in [0.15, 0.2) is 12.1 Å². The van der Waals surface area contributed by atoms with Gasteiger partial charge in [-0.2, -0.15) is 0 Å². The molecule has 0 radical (unpaired) electrons. The first kappa shape index (κ1) is 20.6. The Morgan fingerprint density at radius 1 is 1.15 bits per heavy atom. The number of hydrogen-bond donors (Lipinski definition) is 3. The molecular weight excluding hydrogens is 357 g/mol. The molecule has 0 bridgehead atoms. The predicted molar refractivity (Wildman–Crippen MR) is 102 cm³/mol. The lowest BCUT2D eigenvalue weighted by molar-refractivity contribution is -0.125. The van der Waals surface area contributed by atoms with E-state index in [0.717, 1.165) is 24.9 Å². The highest BCUT2D eigenvalue weighted by molar-refractivity contribution is 5.94. The first-order valence-corrected chi connectivity index (χ1v) is 9.21. The van der Waals surface area contributed by atoms with Gasteiger partial charge in [-0.15, -0.1) is 12.4 Å². The minimum atomic E-state index is -0.398. The van der Waals surface area contributed by atoms with Crippen LogP contribution in [0.4, 0.5) is 10.1 Å². The van der Waals surface area contributed by atoms with E-state index in [1.54, 1.807) is 6.07 Å². The topological polar surface area (TPSA) is 70.2 Å². The van der Waals surface area contributed by atoms with Crippen LogP contribution in [-0.2, 0) is 22.6 Å². The van der Waals surface area contributed by atoms with Crippen molar-refractivity contribution in [1.29, 1.82) is 0 Å². The Morgan fingerprint density at radius 2 is 1.92 bits per heavy atom. The standard InChI is InChI=1S/C19H26FN3O2.ClH/c20-19-15-8-9-21-11-14(15)6-7-16(19)23-18(25)12-22-17(24)10-13-4-2-1-3-5-13;/h6-7,13,21H,1-5,8-12H2,(H,22,24)(H,23,25);1H. The van der Waals surface area contributed by atoms with Gasteiger partial charge < -0.3 is 16.0 Å². The molecule has 1 aliphatic heterocycles. The van der Waals surface area contributed by atoms with Crippen molar-refractivity contribution >= 4 is 29.9 Å². The molecule has 1 fully saturated rings. The average Bonchev–Trinajstić information content (AvgIpc) is 2.63. The van der Waals surface area contributed by atoms with Crippen molar-refractivity contribution < 1.29 is 14.0 Å². The van der Waals surface area contributed by atoms with Gasteiger partial charge >= 0.3 is 0 Å². The van der Waals surface area contributed by atoms with E-state index in [1.807, 2.05) is 6.07 Å². The highest BCUT2D eigenvalue weighted by Gasteiger charge is 2.19. The molecule has 0 saturated heterocycles. The molecule has 1 aromatic carbocycles. The van der Waals surface area contributed by atoms with Gasteiger partial charge in [-0.3, -0.25) is 9.59 Å². The van der Waals surface area contributed by atoms with Crippen LogP contribution in [0.1, 0.15) is 49.7 Å². The second-order valence-electron chi connectivity index (χ2n) is 7.02. The van der Waals surface area contributed by atoms with Crippen LogP contribution in [0, 0.1) is 11.7 Å². The Balaban J connectivity index is 0.00000243. The molecule has 0 atom stereocenters. The van der Waals surface area contributed by atoms with Crippen molar-refractivity contribution in [3.05, 3.63) is 29.1 Å². The summed E-state index contributed by atoms with van der Waals surface area (Å²) in [6.45, 7) is 1.26. The fourth-order valence-corrected chi connectivity index (χ4v) is 3.73. The van der Waals surface area contributed by atoms with Crippen LogP contribution in [0.5, 0.6) is 0 Å². The number of halogens is 2. The number of fused-ring (bicyclic) bond motifs is 1. The summed E-state index contributed by atoms with van der Waals surface area (Å²) in [5.74, 6) is -0.423. The molecule has 1 aromatic rings. The third-order valence-electron chi connectivity index (χ3n) is 5.13. The average molecular weight is 384 g/mol. The lowest BCUT2D eigenvalue weighted by Gasteiger charge is -2.21. The number of anilines is 1. The summed E-state index contributed by atoms with van der Waals surface area (Å²) in [7, 11) is 0. The summed E-state index contributed by atoms with van der Waals surface area (Å²) in [6, 6.07) is 3.42. The minimum absolute atomic E-state index is 0. The van der Waals surface area contributed by atoms with Gasteiger partial charge in [-0.1, -0.05) is 25.3 Å². The van der Waals surface area contributed by atoms with Gasteiger partial charge in [-0.25, -0.2) is 4.39 Å². The molecule has 5 nitrogen and oxygen atoms in total. The Hall–Kier alpha value is -1.66. The maximum Gasteiger partial charge on any atom is 0.243 e. The molecule has 7 heteroatoms. The molecule has 1 aliphatic carbocycles. The van der Waals surface area contributed by atoms with E-state index >= 15 is 0 Å². The van der Waals surface area contributed by atoms with E-state index in [4.69, 9.17) is 0 Å². The van der Waals surface area contributed by atoms with Crippen LogP contribution >= 0.6 is 12.4 Å². The van der Waals surface area contributed by atoms with E-state index in [2.05, 4.69) is 16.0 Å². The number of benzene rings is 1. The molecule has 1 saturated carbocycles. The third kappa shape index (κ3) is 5.42. The molecule has 144 valence electrons. The number of carbonyl (C=O) groups excluding carboxylic acids is 2. The third-order valence-corrected chi connectivity index (χ3v) is 5.13. The van der Waals surface area contributed by atoms with Gasteiger partial charge in [0.2, 0.25) is 11.8 Å². The highest BCUT2D eigenvalue weighted by atomic mass is 35.5. The largest absolute Gasteiger partial charge is 0.347 e. The Morgan fingerprint density at radius 3 is 2.69 bits per heavy atom. The van der Waals surface area contributed by atoms with Gasteiger partial charge in [0, 0.05) is 13.0 Å². The number of hydrogen-bond acceptors (Lipinski definition) is 3. The van der Waals surface area contributed by atoms with Crippen molar-refractivity contribution in [2.45, 2.75) is 51.5 Å². The van der Waals surface area contributed by atoms with Gasteiger partial charge in [0.1, 0.15) is 5.82 Å². The maximum absolute atomic E-state index is 14.5. The summed E-state index contributed by atoms with van der Waals surface area (Å²) in [4.78, 5) is 24.0. The predicted octanol–water partition coefficient (Wildman–Crippen LogP) is 2.92. The quantitative estimate of drug-likeness (QED) is 0.732. The molecule has 3 N–H and O–H groups in total. The Kier molecular flexibility index (Phi) is 7.85. The minimum Gasteiger partial charge on any atom is -0.347 e. The summed E-state index contributed by atoms with van der Waals surface area (Å²) >= 11 is 0. The van der Waals surface area contributed by atoms with Crippen molar-refractivity contribution in [2.75, 3.05) is 18.4 Å². The van der Waals surface area contributed by atoms with Gasteiger partial charge in [0.25, 0.3) is 0 Å². The molecule has 1 heterocycles. The molecule has 2 amide bonds. The van der Waals surface area contributed by atoms with E-state index in [-0.39, 0.29) is 36.4 Å². The van der Waals surface area contributed by atoms with Crippen LogP contribution in [-0.4, -0.2) is 24.9 Å². The zero-order valence-electron chi connectivity index (χ0n) is 14.9. The second-order valence-corrected chi connectivity index (χ2v) is 7.02. The molecule has 2 aliphatic rings. The van der Waals surface area contributed by atoms with Crippen molar-refractivity contribution in [3.8, 4) is 0 Å². The number of nitrogens with one attached hydrogen (secondary N) is 3.